The highest BCUT2D eigenvalue weighted by Crippen LogP contribution is 2.21. The summed E-state index contributed by atoms with van der Waals surface area (Å²) in [6.45, 7) is 1.47. The second kappa shape index (κ2) is 4.88. The first-order valence-electron chi connectivity index (χ1n) is 3.55. The van der Waals surface area contributed by atoms with Crippen molar-refractivity contribution in [1.82, 2.24) is 4.98 Å². The zero-order valence-electron chi connectivity index (χ0n) is 7.23. The minimum Gasteiger partial charge on any atom is -0.394 e. The molecule has 0 aromatic carbocycles. The molecular weight excluding hydrogens is 212 g/mol. The quantitative estimate of drug-likeness (QED) is 0.687. The van der Waals surface area contributed by atoms with Gasteiger partial charge in [0.1, 0.15) is 5.01 Å². The maximum Gasteiger partial charge on any atom is 0.115 e. The average Bonchev–Trinajstić information content (AvgIpc) is 2.52. The Morgan fingerprint density at radius 1 is 1.62 bits per heavy atom. The second-order valence-corrected chi connectivity index (χ2v) is 3.74. The molecule has 13 heavy (non-hydrogen) atoms. The lowest BCUT2D eigenvalue weighted by molar-refractivity contribution is 0.209. The standard InChI is InChI=1S/C7H12N2O2S.ClH/c1-7(8,4-11)6-9-5(2-10)3-12-6;/h3,10-11H,2,4,8H2,1H3;1H/t7-;/m0./s1. The molecule has 6 heteroatoms. The van der Waals surface area contributed by atoms with E-state index in [2.05, 4.69) is 4.98 Å². The van der Waals surface area contributed by atoms with Gasteiger partial charge in [0, 0.05) is 5.38 Å². The van der Waals surface area contributed by atoms with E-state index in [4.69, 9.17) is 15.9 Å². The van der Waals surface area contributed by atoms with Crippen molar-refractivity contribution < 1.29 is 10.2 Å². The largest absolute Gasteiger partial charge is 0.394 e. The second-order valence-electron chi connectivity index (χ2n) is 2.88. The highest BCUT2D eigenvalue weighted by atomic mass is 35.5. The topological polar surface area (TPSA) is 79.4 Å². The minimum absolute atomic E-state index is 0. The monoisotopic (exact) mass is 224 g/mol. The molecule has 1 heterocycles. The van der Waals surface area contributed by atoms with Crippen molar-refractivity contribution in [2.24, 2.45) is 5.73 Å². The van der Waals surface area contributed by atoms with Crippen molar-refractivity contribution in [2.45, 2.75) is 19.1 Å². The number of nitrogens with zero attached hydrogens (tertiary/aromatic N) is 1. The van der Waals surface area contributed by atoms with Crippen molar-refractivity contribution in [3.05, 3.63) is 16.1 Å². The fraction of sp³-hybridized carbons (Fsp3) is 0.571. The molecule has 1 aromatic rings. The number of hydrogen-bond acceptors (Lipinski definition) is 5. The van der Waals surface area contributed by atoms with Crippen LogP contribution >= 0.6 is 23.7 Å². The van der Waals surface area contributed by atoms with Crippen LogP contribution in [0.4, 0.5) is 0 Å². The van der Waals surface area contributed by atoms with Crippen LogP contribution in [0.25, 0.3) is 0 Å². The summed E-state index contributed by atoms with van der Waals surface area (Å²) in [5.74, 6) is 0. The van der Waals surface area contributed by atoms with Gasteiger partial charge in [-0.05, 0) is 6.92 Å². The normalized spacial score (nSPS) is 14.8. The Balaban J connectivity index is 0.00000144. The first-order chi connectivity index (χ1) is 5.60. The maximum atomic E-state index is 8.91. The van der Waals surface area contributed by atoms with Crippen molar-refractivity contribution in [2.75, 3.05) is 6.61 Å². The zero-order valence-corrected chi connectivity index (χ0v) is 8.86. The van der Waals surface area contributed by atoms with Crippen LogP contribution in [-0.2, 0) is 12.1 Å². The van der Waals surface area contributed by atoms with Gasteiger partial charge in [-0.2, -0.15) is 0 Å². The van der Waals surface area contributed by atoms with E-state index < -0.39 is 5.54 Å². The Labute approximate surface area is 86.8 Å². The number of hydrogen-bond donors (Lipinski definition) is 3. The molecule has 1 atom stereocenters. The summed E-state index contributed by atoms with van der Waals surface area (Å²) in [5, 5.41) is 20.0. The van der Waals surface area contributed by atoms with E-state index in [-0.39, 0.29) is 25.6 Å². The van der Waals surface area contributed by atoms with Crippen LogP contribution in [0.2, 0.25) is 0 Å². The van der Waals surface area contributed by atoms with Gasteiger partial charge in [0.2, 0.25) is 0 Å². The van der Waals surface area contributed by atoms with E-state index in [1.165, 1.54) is 11.3 Å². The van der Waals surface area contributed by atoms with Crippen LogP contribution in [0.1, 0.15) is 17.6 Å². The average molecular weight is 225 g/mol. The summed E-state index contributed by atoms with van der Waals surface area (Å²) in [4.78, 5) is 4.05. The molecular formula is C7H13ClN2O2S. The predicted octanol–water partition coefficient (Wildman–Crippen LogP) is 0.223. The molecule has 0 amide bonds. The molecule has 0 saturated heterocycles. The number of halogens is 1. The molecule has 1 rings (SSSR count). The molecule has 0 bridgehead atoms. The number of aliphatic hydroxyl groups excluding tert-OH is 2. The van der Waals surface area contributed by atoms with Gasteiger partial charge in [0.05, 0.1) is 24.4 Å². The molecule has 0 unspecified atom stereocenters. The van der Waals surface area contributed by atoms with Gasteiger partial charge >= 0.3 is 0 Å². The van der Waals surface area contributed by atoms with Gasteiger partial charge in [-0.3, -0.25) is 0 Å². The summed E-state index contributed by atoms with van der Waals surface area (Å²) in [5.41, 5.74) is 5.53. The number of aromatic nitrogens is 1. The molecule has 0 radical (unpaired) electrons. The smallest absolute Gasteiger partial charge is 0.115 e. The number of nitrogens with two attached hydrogens (primary N) is 1. The summed E-state index contributed by atoms with van der Waals surface area (Å²) in [6, 6.07) is 0. The molecule has 76 valence electrons. The summed E-state index contributed by atoms with van der Waals surface area (Å²) >= 11 is 1.35. The lowest BCUT2D eigenvalue weighted by atomic mass is 10.1. The van der Waals surface area contributed by atoms with Crippen LogP contribution in [0.5, 0.6) is 0 Å². The van der Waals surface area contributed by atoms with Gasteiger partial charge in [0.15, 0.2) is 0 Å². The van der Waals surface area contributed by atoms with Crippen molar-refractivity contribution >= 4 is 23.7 Å². The van der Waals surface area contributed by atoms with Crippen LogP contribution in [0.3, 0.4) is 0 Å². The van der Waals surface area contributed by atoms with E-state index in [9.17, 15) is 0 Å². The SMILES string of the molecule is C[C@](N)(CO)c1nc(CO)cs1.Cl. The van der Waals surface area contributed by atoms with Gasteiger partial charge in [-0.15, -0.1) is 23.7 Å². The Kier molecular flexibility index (Phi) is 4.80. The van der Waals surface area contributed by atoms with Gasteiger partial charge in [-0.1, -0.05) is 0 Å². The van der Waals surface area contributed by atoms with Crippen LogP contribution in [-0.4, -0.2) is 21.8 Å². The van der Waals surface area contributed by atoms with E-state index in [0.29, 0.717) is 10.7 Å². The van der Waals surface area contributed by atoms with E-state index in [0.717, 1.165) is 0 Å². The summed E-state index contributed by atoms with van der Waals surface area (Å²) < 4.78 is 0. The highest BCUT2D eigenvalue weighted by molar-refractivity contribution is 7.09. The molecule has 0 fully saturated rings. The number of rotatable bonds is 3. The number of aliphatic hydroxyl groups is 2. The first-order valence-corrected chi connectivity index (χ1v) is 4.43. The Bertz CT molecular complexity index is 265. The van der Waals surface area contributed by atoms with Crippen LogP contribution in [0, 0.1) is 0 Å². The molecule has 0 saturated carbocycles. The number of thiazole rings is 1. The third kappa shape index (κ3) is 2.89. The van der Waals surface area contributed by atoms with Gasteiger partial charge < -0.3 is 15.9 Å². The van der Waals surface area contributed by atoms with Crippen LogP contribution in [0.15, 0.2) is 5.38 Å². The van der Waals surface area contributed by atoms with Crippen molar-refractivity contribution in [1.29, 1.82) is 0 Å². The van der Waals surface area contributed by atoms with E-state index >= 15 is 0 Å². The Hall–Kier alpha value is -0.200. The fourth-order valence-electron chi connectivity index (χ4n) is 0.710. The summed E-state index contributed by atoms with van der Waals surface area (Å²) in [6.07, 6.45) is 0. The molecule has 0 aliphatic heterocycles. The molecule has 1 aromatic heterocycles. The molecule has 0 aliphatic rings. The zero-order chi connectivity index (χ0) is 9.19. The lowest BCUT2D eigenvalue weighted by Crippen LogP contribution is -2.36. The first kappa shape index (κ1) is 12.8. The van der Waals surface area contributed by atoms with E-state index in [1.807, 2.05) is 0 Å². The fourth-order valence-corrected chi connectivity index (χ4v) is 1.59. The maximum absolute atomic E-state index is 8.91. The molecule has 4 N–H and O–H groups in total. The third-order valence-corrected chi connectivity index (χ3v) is 2.70. The van der Waals surface area contributed by atoms with Crippen molar-refractivity contribution in [3.8, 4) is 0 Å². The molecule has 0 aliphatic carbocycles. The minimum atomic E-state index is -0.794. The third-order valence-electron chi connectivity index (χ3n) is 1.53. The lowest BCUT2D eigenvalue weighted by Gasteiger charge is -2.17. The summed E-state index contributed by atoms with van der Waals surface area (Å²) in [7, 11) is 0. The van der Waals surface area contributed by atoms with E-state index in [1.54, 1.807) is 12.3 Å². The van der Waals surface area contributed by atoms with Crippen LogP contribution < -0.4 is 5.73 Å². The molecule has 0 spiro atoms. The van der Waals surface area contributed by atoms with Gasteiger partial charge in [0.25, 0.3) is 0 Å². The van der Waals surface area contributed by atoms with Gasteiger partial charge in [-0.25, -0.2) is 4.98 Å². The van der Waals surface area contributed by atoms with Crippen molar-refractivity contribution in [3.63, 3.8) is 0 Å². The Morgan fingerprint density at radius 2 is 2.23 bits per heavy atom. The predicted molar refractivity (Wildman–Crippen MR) is 53.9 cm³/mol. The highest BCUT2D eigenvalue weighted by Gasteiger charge is 2.23. The Morgan fingerprint density at radius 3 is 2.62 bits per heavy atom. The molecule has 4 nitrogen and oxygen atoms in total.